The van der Waals surface area contributed by atoms with Crippen LogP contribution < -0.4 is 5.32 Å². The molecule has 0 spiro atoms. The van der Waals surface area contributed by atoms with Crippen molar-refractivity contribution in [3.63, 3.8) is 0 Å². The molecule has 0 heterocycles. The number of anilines is 1. The number of non-ortho nitro benzene ring substituents is 1. The van der Waals surface area contributed by atoms with E-state index in [4.69, 9.17) is 10.00 Å². The van der Waals surface area contributed by atoms with E-state index in [0.29, 0.717) is 25.2 Å². The van der Waals surface area contributed by atoms with Gasteiger partial charge in [-0.05, 0) is 43.2 Å². The van der Waals surface area contributed by atoms with Crippen LogP contribution in [0.3, 0.4) is 0 Å². The lowest BCUT2D eigenvalue weighted by Gasteiger charge is -2.18. The number of nitro groups is 1. The molecular formula is C21H23N5O4. The maximum absolute atomic E-state index is 10.8. The summed E-state index contributed by atoms with van der Waals surface area (Å²) in [5, 5.41) is 30.8. The zero-order valence-corrected chi connectivity index (χ0v) is 16.6. The number of aldehydes is 1. The molecule has 0 aliphatic heterocycles. The van der Waals surface area contributed by atoms with Gasteiger partial charge in [-0.1, -0.05) is 12.1 Å². The highest BCUT2D eigenvalue weighted by Crippen LogP contribution is 2.18. The van der Waals surface area contributed by atoms with E-state index in [-0.39, 0.29) is 18.2 Å². The lowest BCUT2D eigenvalue weighted by molar-refractivity contribution is -0.384. The van der Waals surface area contributed by atoms with Crippen LogP contribution in [0, 0.1) is 21.4 Å². The number of benzene rings is 2. The lowest BCUT2D eigenvalue weighted by atomic mass is 10.1. The van der Waals surface area contributed by atoms with Gasteiger partial charge in [0.2, 0.25) is 0 Å². The Balaban J connectivity index is 1.79. The molecule has 0 aromatic heterocycles. The summed E-state index contributed by atoms with van der Waals surface area (Å²) in [5.74, 6) is 0. The Kier molecular flexibility index (Phi) is 9.09. The van der Waals surface area contributed by atoms with Gasteiger partial charge in [-0.2, -0.15) is 15.5 Å². The van der Waals surface area contributed by atoms with E-state index >= 15 is 0 Å². The molecule has 2 unspecified atom stereocenters. The van der Waals surface area contributed by atoms with Crippen LogP contribution in [-0.2, 0) is 16.0 Å². The number of nitrogens with one attached hydrogen (secondary N) is 1. The first-order chi connectivity index (χ1) is 14.5. The number of nitro benzene ring substituents is 1. The number of hydrogen-bond donors (Lipinski definition) is 1. The molecule has 156 valence electrons. The van der Waals surface area contributed by atoms with Crippen LogP contribution in [0.1, 0.15) is 18.9 Å². The van der Waals surface area contributed by atoms with Crippen LogP contribution in [0.5, 0.6) is 0 Å². The highest BCUT2D eigenvalue weighted by atomic mass is 16.6. The predicted molar refractivity (Wildman–Crippen MR) is 112 cm³/mol. The minimum atomic E-state index is -0.570. The summed E-state index contributed by atoms with van der Waals surface area (Å²) < 4.78 is 5.49. The summed E-state index contributed by atoms with van der Waals surface area (Å²) in [7, 11) is 0. The minimum absolute atomic E-state index is 0.0197. The average molecular weight is 409 g/mol. The number of nitriles is 1. The fourth-order valence-electron chi connectivity index (χ4n) is 2.59. The normalized spacial score (nSPS) is 12.8. The van der Waals surface area contributed by atoms with Gasteiger partial charge >= 0.3 is 0 Å². The molecule has 0 saturated heterocycles. The first kappa shape index (κ1) is 22.6. The van der Waals surface area contributed by atoms with E-state index in [9.17, 15) is 14.9 Å². The van der Waals surface area contributed by atoms with Gasteiger partial charge < -0.3 is 14.8 Å². The van der Waals surface area contributed by atoms with Gasteiger partial charge in [0.1, 0.15) is 12.4 Å². The van der Waals surface area contributed by atoms with Crippen LogP contribution in [0.25, 0.3) is 0 Å². The Morgan fingerprint density at radius 2 is 1.93 bits per heavy atom. The van der Waals surface area contributed by atoms with Gasteiger partial charge in [0.15, 0.2) is 0 Å². The number of azo groups is 1. The minimum Gasteiger partial charge on any atom is -0.382 e. The van der Waals surface area contributed by atoms with Crippen LogP contribution >= 0.6 is 0 Å². The predicted octanol–water partition coefficient (Wildman–Crippen LogP) is 4.22. The molecule has 9 heteroatoms. The highest BCUT2D eigenvalue weighted by Gasteiger charge is 2.12. The lowest BCUT2D eigenvalue weighted by Crippen LogP contribution is -2.27. The van der Waals surface area contributed by atoms with Gasteiger partial charge in [0, 0.05) is 30.8 Å². The Hall–Kier alpha value is -3.64. The molecule has 0 bridgehead atoms. The molecule has 9 nitrogen and oxygen atoms in total. The molecule has 2 aromatic carbocycles. The van der Waals surface area contributed by atoms with Gasteiger partial charge in [-0.25, -0.2) is 0 Å². The van der Waals surface area contributed by atoms with E-state index in [0.717, 1.165) is 17.5 Å². The van der Waals surface area contributed by atoms with Gasteiger partial charge in [0.05, 0.1) is 29.3 Å². The third-order valence-corrected chi connectivity index (χ3v) is 4.17. The summed E-state index contributed by atoms with van der Waals surface area (Å²) in [6, 6.07) is 15.7. The molecule has 2 aromatic rings. The molecule has 0 aliphatic carbocycles. The molecule has 1 N–H and O–H groups in total. The number of carbonyl (C=O) groups is 1. The average Bonchev–Trinajstić information content (AvgIpc) is 2.76. The van der Waals surface area contributed by atoms with E-state index < -0.39 is 11.0 Å². The molecule has 0 radical (unpaired) electrons. The first-order valence-electron chi connectivity index (χ1n) is 9.45. The summed E-state index contributed by atoms with van der Waals surface area (Å²) >= 11 is 0. The number of hydrogen-bond acceptors (Lipinski definition) is 8. The Morgan fingerprint density at radius 1 is 1.23 bits per heavy atom. The van der Waals surface area contributed by atoms with E-state index in [2.05, 4.69) is 15.5 Å². The van der Waals surface area contributed by atoms with Crippen LogP contribution in [0.2, 0.25) is 0 Å². The van der Waals surface area contributed by atoms with Crippen molar-refractivity contribution in [1.82, 2.24) is 0 Å². The Morgan fingerprint density at radius 3 is 2.53 bits per heavy atom. The second kappa shape index (κ2) is 12.0. The van der Waals surface area contributed by atoms with Gasteiger partial charge in [-0.3, -0.25) is 10.1 Å². The number of rotatable bonds is 12. The second-order valence-corrected chi connectivity index (χ2v) is 6.50. The van der Waals surface area contributed by atoms with Gasteiger partial charge in [0.25, 0.3) is 5.69 Å². The van der Waals surface area contributed by atoms with Crippen molar-refractivity contribution in [2.24, 2.45) is 10.2 Å². The molecular weight excluding hydrogens is 386 g/mol. The van der Waals surface area contributed by atoms with Crippen molar-refractivity contribution in [3.8, 4) is 6.07 Å². The molecule has 0 amide bonds. The zero-order chi connectivity index (χ0) is 21.8. The monoisotopic (exact) mass is 409 g/mol. The molecule has 0 fully saturated rings. The Labute approximate surface area is 174 Å². The number of nitrogens with zero attached hydrogens (tertiary/aromatic N) is 4. The smallest absolute Gasteiger partial charge is 0.269 e. The molecule has 0 saturated carbocycles. The fourth-order valence-corrected chi connectivity index (χ4v) is 2.59. The van der Waals surface area contributed by atoms with Crippen molar-refractivity contribution in [3.05, 3.63) is 64.2 Å². The molecule has 30 heavy (non-hydrogen) atoms. The van der Waals surface area contributed by atoms with E-state index in [1.54, 1.807) is 19.1 Å². The van der Waals surface area contributed by atoms with Crippen molar-refractivity contribution in [2.45, 2.75) is 32.0 Å². The SMILES string of the molecule is CC(C#N)OC(CC=O)CNc1ccc(CCN=Nc2ccc([N+](=O)[O-])cc2)cc1. The maximum atomic E-state index is 10.8. The van der Waals surface area contributed by atoms with E-state index in [1.807, 2.05) is 30.3 Å². The molecule has 0 aliphatic rings. The maximum Gasteiger partial charge on any atom is 0.269 e. The van der Waals surface area contributed by atoms with Gasteiger partial charge in [-0.15, -0.1) is 0 Å². The van der Waals surface area contributed by atoms with Crippen LogP contribution in [0.4, 0.5) is 17.1 Å². The van der Waals surface area contributed by atoms with Crippen molar-refractivity contribution in [1.29, 1.82) is 5.26 Å². The quantitative estimate of drug-likeness (QED) is 0.242. The van der Waals surface area contributed by atoms with Crippen molar-refractivity contribution < 1.29 is 14.5 Å². The largest absolute Gasteiger partial charge is 0.382 e. The summed E-state index contributed by atoms with van der Waals surface area (Å²) in [4.78, 5) is 20.9. The third-order valence-electron chi connectivity index (χ3n) is 4.17. The Bertz CT molecular complexity index is 891. The standard InChI is InChI=1S/C21H23N5O4/c1-16(14-22)30-21(11-13-27)15-23-18-4-2-17(3-5-18)10-12-24-25-19-6-8-20(9-7-19)26(28)29/h2-9,13,16,21,23H,10-12,15H2,1H3. The van der Waals surface area contributed by atoms with Crippen LogP contribution in [-0.4, -0.2) is 36.5 Å². The third kappa shape index (κ3) is 7.77. The fraction of sp³-hybridized carbons (Fsp3) is 0.333. The van der Waals surface area contributed by atoms with Crippen molar-refractivity contribution >= 4 is 23.3 Å². The van der Waals surface area contributed by atoms with Crippen molar-refractivity contribution in [2.75, 3.05) is 18.4 Å². The second-order valence-electron chi connectivity index (χ2n) is 6.50. The number of carbonyl (C=O) groups excluding carboxylic acids is 1. The zero-order valence-electron chi connectivity index (χ0n) is 16.6. The highest BCUT2D eigenvalue weighted by molar-refractivity contribution is 5.51. The first-order valence-corrected chi connectivity index (χ1v) is 9.45. The molecule has 2 atom stereocenters. The summed E-state index contributed by atoms with van der Waals surface area (Å²) in [5.41, 5.74) is 2.56. The summed E-state index contributed by atoms with van der Waals surface area (Å²) in [6.45, 7) is 2.56. The van der Waals surface area contributed by atoms with E-state index in [1.165, 1.54) is 12.1 Å². The molecule has 2 rings (SSSR count). The van der Waals surface area contributed by atoms with Crippen LogP contribution in [0.15, 0.2) is 58.8 Å². The topological polar surface area (TPSA) is 130 Å². The summed E-state index contributed by atoms with van der Waals surface area (Å²) in [6.07, 6.45) is 0.769. The number of ether oxygens (including phenoxy) is 1.